The second-order valence-corrected chi connectivity index (χ2v) is 4.83. The molecule has 0 bridgehead atoms. The lowest BCUT2D eigenvalue weighted by Crippen LogP contribution is -2.09. The van der Waals surface area contributed by atoms with Gasteiger partial charge in [0.15, 0.2) is 11.5 Å². The van der Waals surface area contributed by atoms with E-state index in [1.54, 1.807) is 7.11 Å². The van der Waals surface area contributed by atoms with Gasteiger partial charge in [-0.25, -0.2) is 4.98 Å². The van der Waals surface area contributed by atoms with Crippen molar-refractivity contribution in [3.8, 4) is 5.75 Å². The zero-order chi connectivity index (χ0) is 13.7. The lowest BCUT2D eigenvalue weighted by molar-refractivity contribution is 0.413. The van der Waals surface area contributed by atoms with E-state index in [1.807, 2.05) is 18.2 Å². The maximum Gasteiger partial charge on any atom is 0.195 e. The van der Waals surface area contributed by atoms with Gasteiger partial charge in [-0.3, -0.25) is 0 Å². The Morgan fingerprint density at radius 3 is 2.89 bits per heavy atom. The molecular weight excluding hydrogens is 240 g/mol. The third-order valence-corrected chi connectivity index (χ3v) is 3.56. The Morgan fingerprint density at radius 1 is 1.37 bits per heavy atom. The maximum atomic E-state index is 5.74. The fraction of sp³-hybridized carbons (Fsp3) is 0.533. The fourth-order valence-electron chi connectivity index (χ4n) is 2.30. The predicted molar refractivity (Wildman–Crippen MR) is 76.3 cm³/mol. The minimum Gasteiger partial charge on any atom is -0.497 e. The van der Waals surface area contributed by atoms with Gasteiger partial charge in [0.2, 0.25) is 0 Å². The summed E-state index contributed by atoms with van der Waals surface area (Å²) in [5, 5.41) is 0. The number of aromatic nitrogens is 1. The monoisotopic (exact) mass is 262 g/mol. The van der Waals surface area contributed by atoms with Crippen LogP contribution >= 0.6 is 0 Å². The van der Waals surface area contributed by atoms with Crippen molar-refractivity contribution in [1.82, 2.24) is 4.98 Å². The molecule has 1 unspecified atom stereocenters. The van der Waals surface area contributed by atoms with Gasteiger partial charge in [0.25, 0.3) is 0 Å². The predicted octanol–water partition coefficient (Wildman–Crippen LogP) is 3.14. The van der Waals surface area contributed by atoms with Crippen LogP contribution in [0.25, 0.3) is 11.1 Å². The van der Waals surface area contributed by atoms with E-state index in [0.717, 1.165) is 55.0 Å². The molecule has 0 fully saturated rings. The Hall–Kier alpha value is -1.55. The molecule has 0 saturated heterocycles. The van der Waals surface area contributed by atoms with Gasteiger partial charge in [-0.05, 0) is 37.4 Å². The van der Waals surface area contributed by atoms with E-state index in [-0.39, 0.29) is 0 Å². The van der Waals surface area contributed by atoms with E-state index >= 15 is 0 Å². The van der Waals surface area contributed by atoms with Gasteiger partial charge in [-0.15, -0.1) is 0 Å². The van der Waals surface area contributed by atoms with Crippen molar-refractivity contribution >= 4 is 11.1 Å². The molecular formula is C15H22N2O2. The number of nitrogens with zero attached hydrogens (tertiary/aromatic N) is 1. The van der Waals surface area contributed by atoms with Crippen LogP contribution in [0.4, 0.5) is 0 Å². The third kappa shape index (κ3) is 3.47. The third-order valence-electron chi connectivity index (χ3n) is 3.56. The lowest BCUT2D eigenvalue weighted by Gasteiger charge is -2.11. The van der Waals surface area contributed by atoms with E-state index in [4.69, 9.17) is 14.9 Å². The summed E-state index contributed by atoms with van der Waals surface area (Å²) in [4.78, 5) is 4.51. The molecule has 0 aliphatic rings. The maximum absolute atomic E-state index is 5.74. The average Bonchev–Trinajstić information content (AvgIpc) is 2.84. The number of hydrogen-bond donors (Lipinski definition) is 1. The number of benzene rings is 1. The number of rotatable bonds is 7. The molecule has 0 saturated carbocycles. The standard InChI is InChI=1S/C15H22N2O2/c1-3-11(8-9-16)4-7-15-17-13-10-12(18-2)5-6-14(13)19-15/h5-6,10-11H,3-4,7-9,16H2,1-2H3. The summed E-state index contributed by atoms with van der Waals surface area (Å²) in [6.07, 6.45) is 4.18. The van der Waals surface area contributed by atoms with Crippen LogP contribution in [-0.2, 0) is 6.42 Å². The Morgan fingerprint density at radius 2 is 2.21 bits per heavy atom. The van der Waals surface area contributed by atoms with E-state index in [2.05, 4.69) is 11.9 Å². The highest BCUT2D eigenvalue weighted by atomic mass is 16.5. The van der Waals surface area contributed by atoms with Gasteiger partial charge in [-0.2, -0.15) is 0 Å². The Bertz CT molecular complexity index is 522. The summed E-state index contributed by atoms with van der Waals surface area (Å²) < 4.78 is 10.9. The summed E-state index contributed by atoms with van der Waals surface area (Å²) >= 11 is 0. The first-order chi connectivity index (χ1) is 9.26. The second kappa shape index (κ2) is 6.57. The van der Waals surface area contributed by atoms with Crippen LogP contribution in [0.2, 0.25) is 0 Å². The number of methoxy groups -OCH3 is 1. The van der Waals surface area contributed by atoms with E-state index in [1.165, 1.54) is 0 Å². The quantitative estimate of drug-likeness (QED) is 0.832. The van der Waals surface area contributed by atoms with Crippen LogP contribution in [0.5, 0.6) is 5.75 Å². The Labute approximate surface area is 114 Å². The molecule has 2 N–H and O–H groups in total. The Kier molecular flexibility index (Phi) is 4.80. The first-order valence-corrected chi connectivity index (χ1v) is 6.90. The number of aryl methyl sites for hydroxylation is 1. The number of nitrogens with two attached hydrogens (primary N) is 1. The van der Waals surface area contributed by atoms with E-state index < -0.39 is 0 Å². The number of ether oxygens (including phenoxy) is 1. The smallest absolute Gasteiger partial charge is 0.195 e. The Balaban J connectivity index is 2.04. The van der Waals surface area contributed by atoms with Crippen molar-refractivity contribution in [3.05, 3.63) is 24.1 Å². The zero-order valence-electron chi connectivity index (χ0n) is 11.7. The lowest BCUT2D eigenvalue weighted by atomic mass is 9.97. The molecule has 4 heteroatoms. The van der Waals surface area contributed by atoms with Crippen molar-refractivity contribution in [2.24, 2.45) is 11.7 Å². The van der Waals surface area contributed by atoms with Crippen molar-refractivity contribution < 1.29 is 9.15 Å². The first kappa shape index (κ1) is 13.9. The van der Waals surface area contributed by atoms with Crippen LogP contribution in [0.15, 0.2) is 22.6 Å². The molecule has 104 valence electrons. The fourth-order valence-corrected chi connectivity index (χ4v) is 2.30. The molecule has 2 rings (SSSR count). The molecule has 0 amide bonds. The highest BCUT2D eigenvalue weighted by molar-refractivity contribution is 5.74. The van der Waals surface area contributed by atoms with Crippen LogP contribution in [0.3, 0.4) is 0 Å². The van der Waals surface area contributed by atoms with Crippen molar-refractivity contribution in [2.45, 2.75) is 32.6 Å². The number of hydrogen-bond acceptors (Lipinski definition) is 4. The molecule has 2 aromatic rings. The second-order valence-electron chi connectivity index (χ2n) is 4.83. The van der Waals surface area contributed by atoms with Gasteiger partial charge >= 0.3 is 0 Å². The van der Waals surface area contributed by atoms with Gasteiger partial charge < -0.3 is 14.9 Å². The molecule has 0 aliphatic carbocycles. The molecule has 1 aromatic heterocycles. The highest BCUT2D eigenvalue weighted by Gasteiger charge is 2.10. The van der Waals surface area contributed by atoms with Crippen molar-refractivity contribution in [2.75, 3.05) is 13.7 Å². The van der Waals surface area contributed by atoms with Crippen LogP contribution in [0, 0.1) is 5.92 Å². The van der Waals surface area contributed by atoms with Crippen molar-refractivity contribution in [1.29, 1.82) is 0 Å². The van der Waals surface area contributed by atoms with Gasteiger partial charge in [0.1, 0.15) is 11.3 Å². The van der Waals surface area contributed by atoms with Gasteiger partial charge in [0.05, 0.1) is 7.11 Å². The normalized spacial score (nSPS) is 12.8. The van der Waals surface area contributed by atoms with Crippen molar-refractivity contribution in [3.63, 3.8) is 0 Å². The number of oxazole rings is 1. The summed E-state index contributed by atoms with van der Waals surface area (Å²) in [5.41, 5.74) is 7.30. The molecule has 1 heterocycles. The molecule has 1 atom stereocenters. The first-order valence-electron chi connectivity index (χ1n) is 6.90. The largest absolute Gasteiger partial charge is 0.497 e. The van der Waals surface area contributed by atoms with Gasteiger partial charge in [-0.1, -0.05) is 13.3 Å². The SMILES string of the molecule is CCC(CCN)CCc1nc2cc(OC)ccc2o1. The van der Waals surface area contributed by atoms with Crippen LogP contribution < -0.4 is 10.5 Å². The van der Waals surface area contributed by atoms with Crippen LogP contribution in [0.1, 0.15) is 32.1 Å². The summed E-state index contributed by atoms with van der Waals surface area (Å²) in [6.45, 7) is 2.96. The minimum absolute atomic E-state index is 0.662. The molecule has 4 nitrogen and oxygen atoms in total. The zero-order valence-corrected chi connectivity index (χ0v) is 11.7. The highest BCUT2D eigenvalue weighted by Crippen LogP contribution is 2.23. The summed E-state index contributed by atoms with van der Waals surface area (Å²) in [7, 11) is 1.65. The molecule has 0 aliphatic heterocycles. The van der Waals surface area contributed by atoms with E-state index in [9.17, 15) is 0 Å². The molecule has 19 heavy (non-hydrogen) atoms. The average molecular weight is 262 g/mol. The summed E-state index contributed by atoms with van der Waals surface area (Å²) in [6, 6.07) is 5.70. The number of fused-ring (bicyclic) bond motifs is 1. The topological polar surface area (TPSA) is 61.3 Å². The summed E-state index contributed by atoms with van der Waals surface area (Å²) in [5.74, 6) is 2.27. The molecule has 1 aromatic carbocycles. The minimum atomic E-state index is 0.662. The van der Waals surface area contributed by atoms with E-state index in [0.29, 0.717) is 5.92 Å². The van der Waals surface area contributed by atoms with Crippen LogP contribution in [-0.4, -0.2) is 18.6 Å². The van der Waals surface area contributed by atoms with Gasteiger partial charge in [0, 0.05) is 12.5 Å². The molecule has 0 radical (unpaired) electrons. The molecule has 0 spiro atoms.